The number of carbonyl (C=O) groups excluding carboxylic acids is 2. The van der Waals surface area contributed by atoms with Crippen molar-refractivity contribution in [2.75, 3.05) is 23.7 Å². The summed E-state index contributed by atoms with van der Waals surface area (Å²) in [5.41, 5.74) is 1.31. The number of nitro benzene ring substituents is 1. The molecule has 3 rings (SSSR count). The Hall–Kier alpha value is -3.62. The van der Waals surface area contributed by atoms with Gasteiger partial charge < -0.3 is 20.7 Å². The van der Waals surface area contributed by atoms with Crippen LogP contribution in [0.2, 0.25) is 0 Å². The van der Waals surface area contributed by atoms with E-state index in [1.54, 1.807) is 36.4 Å². The first kappa shape index (κ1) is 18.2. The average Bonchev–Trinajstić information content (AvgIpc) is 2.66. The third-order valence-electron chi connectivity index (χ3n) is 3.93. The van der Waals surface area contributed by atoms with E-state index >= 15 is 0 Å². The van der Waals surface area contributed by atoms with E-state index in [0.29, 0.717) is 30.2 Å². The van der Waals surface area contributed by atoms with Crippen molar-refractivity contribution in [3.8, 4) is 5.75 Å². The standard InChI is InChI=1S/C18H18N4O5/c23-17(11-16-18(24)21-14-3-1-2-4-15(14)27-16)20-10-9-19-12-5-7-13(8-6-12)22(25)26/h1-8,16,19H,9-11H2,(H,20,23)(H,21,24)/t16-/m0/s1. The smallest absolute Gasteiger partial charge is 0.269 e. The molecule has 0 saturated heterocycles. The van der Waals surface area contributed by atoms with Crippen LogP contribution in [-0.4, -0.2) is 35.9 Å². The van der Waals surface area contributed by atoms with Gasteiger partial charge in [-0.15, -0.1) is 0 Å². The third-order valence-corrected chi connectivity index (χ3v) is 3.93. The number of amides is 2. The van der Waals surface area contributed by atoms with Gasteiger partial charge in [-0.25, -0.2) is 0 Å². The van der Waals surface area contributed by atoms with Gasteiger partial charge in [-0.1, -0.05) is 12.1 Å². The lowest BCUT2D eigenvalue weighted by Crippen LogP contribution is -2.41. The maximum Gasteiger partial charge on any atom is 0.269 e. The summed E-state index contributed by atoms with van der Waals surface area (Å²) in [6.45, 7) is 0.769. The van der Waals surface area contributed by atoms with Crippen molar-refractivity contribution in [1.82, 2.24) is 5.32 Å². The van der Waals surface area contributed by atoms with Gasteiger partial charge >= 0.3 is 0 Å². The Balaban J connectivity index is 1.41. The molecule has 9 heteroatoms. The number of nitrogens with zero attached hydrogens (tertiary/aromatic N) is 1. The van der Waals surface area contributed by atoms with Crippen LogP contribution in [0.5, 0.6) is 5.75 Å². The minimum absolute atomic E-state index is 0.0150. The van der Waals surface area contributed by atoms with Crippen LogP contribution in [0.4, 0.5) is 17.1 Å². The van der Waals surface area contributed by atoms with E-state index in [2.05, 4.69) is 16.0 Å². The van der Waals surface area contributed by atoms with Crippen LogP contribution >= 0.6 is 0 Å². The quantitative estimate of drug-likeness (QED) is 0.389. The number of para-hydroxylation sites is 2. The zero-order valence-electron chi connectivity index (χ0n) is 14.3. The molecular formula is C18H18N4O5. The van der Waals surface area contributed by atoms with E-state index in [0.717, 1.165) is 0 Å². The number of ether oxygens (including phenoxy) is 1. The summed E-state index contributed by atoms with van der Waals surface area (Å²) in [5.74, 6) is -0.123. The summed E-state index contributed by atoms with van der Waals surface area (Å²) in [7, 11) is 0. The first-order valence-electron chi connectivity index (χ1n) is 8.34. The predicted octanol–water partition coefficient (Wildman–Crippen LogP) is 1.91. The molecule has 0 unspecified atom stereocenters. The molecular weight excluding hydrogens is 352 g/mol. The highest BCUT2D eigenvalue weighted by atomic mass is 16.6. The van der Waals surface area contributed by atoms with Crippen molar-refractivity contribution in [2.24, 2.45) is 0 Å². The second-order valence-electron chi connectivity index (χ2n) is 5.88. The molecule has 2 aromatic carbocycles. The number of anilines is 2. The number of benzene rings is 2. The van der Waals surface area contributed by atoms with Crippen molar-refractivity contribution < 1.29 is 19.2 Å². The summed E-state index contributed by atoms with van der Waals surface area (Å²) < 4.78 is 5.58. The van der Waals surface area contributed by atoms with Crippen molar-refractivity contribution in [3.05, 3.63) is 58.6 Å². The van der Waals surface area contributed by atoms with Crippen molar-refractivity contribution in [3.63, 3.8) is 0 Å². The highest BCUT2D eigenvalue weighted by Gasteiger charge is 2.29. The number of rotatable bonds is 7. The third kappa shape index (κ3) is 4.72. The van der Waals surface area contributed by atoms with Gasteiger partial charge in [0, 0.05) is 30.9 Å². The Labute approximate surface area is 154 Å². The molecule has 1 atom stereocenters. The minimum atomic E-state index is -0.873. The molecule has 0 spiro atoms. The molecule has 1 heterocycles. The van der Waals surface area contributed by atoms with E-state index in [1.165, 1.54) is 12.1 Å². The number of hydrogen-bond donors (Lipinski definition) is 3. The Morgan fingerprint density at radius 3 is 2.63 bits per heavy atom. The number of nitro groups is 1. The number of hydrogen-bond acceptors (Lipinski definition) is 6. The zero-order chi connectivity index (χ0) is 19.2. The highest BCUT2D eigenvalue weighted by molar-refractivity contribution is 5.99. The van der Waals surface area contributed by atoms with Gasteiger partial charge in [-0.05, 0) is 24.3 Å². The number of fused-ring (bicyclic) bond motifs is 1. The first-order chi connectivity index (χ1) is 13.0. The fraction of sp³-hybridized carbons (Fsp3) is 0.222. The van der Waals surface area contributed by atoms with E-state index in [-0.39, 0.29) is 23.9 Å². The topological polar surface area (TPSA) is 123 Å². The second-order valence-corrected chi connectivity index (χ2v) is 5.88. The molecule has 1 aliphatic rings. The lowest BCUT2D eigenvalue weighted by Gasteiger charge is -2.25. The second kappa shape index (κ2) is 8.17. The number of nitrogens with one attached hydrogen (secondary N) is 3. The van der Waals surface area contributed by atoms with E-state index in [4.69, 9.17) is 4.74 Å². The Kier molecular flexibility index (Phi) is 5.50. The van der Waals surface area contributed by atoms with Crippen molar-refractivity contribution >= 4 is 28.9 Å². The molecule has 0 fully saturated rings. The van der Waals surface area contributed by atoms with Crippen LogP contribution in [0.3, 0.4) is 0 Å². The maximum absolute atomic E-state index is 12.0. The van der Waals surface area contributed by atoms with Crippen LogP contribution in [-0.2, 0) is 9.59 Å². The van der Waals surface area contributed by atoms with Gasteiger partial charge in [-0.3, -0.25) is 19.7 Å². The van der Waals surface area contributed by atoms with Crippen LogP contribution in [0, 0.1) is 10.1 Å². The molecule has 140 valence electrons. The van der Waals surface area contributed by atoms with Gasteiger partial charge in [0.2, 0.25) is 5.91 Å². The molecule has 1 aliphatic heterocycles. The fourth-order valence-electron chi connectivity index (χ4n) is 2.58. The summed E-state index contributed by atoms with van der Waals surface area (Å²) in [6.07, 6.45) is -0.958. The van der Waals surface area contributed by atoms with Crippen LogP contribution in [0.25, 0.3) is 0 Å². The van der Waals surface area contributed by atoms with E-state index in [1.807, 2.05) is 0 Å². The molecule has 0 radical (unpaired) electrons. The summed E-state index contributed by atoms with van der Waals surface area (Å²) >= 11 is 0. The molecule has 0 saturated carbocycles. The van der Waals surface area contributed by atoms with Gasteiger partial charge in [0.15, 0.2) is 6.10 Å². The summed E-state index contributed by atoms with van der Waals surface area (Å²) in [6, 6.07) is 13.0. The molecule has 0 aliphatic carbocycles. The van der Waals surface area contributed by atoms with Crippen LogP contribution in [0.15, 0.2) is 48.5 Å². The Morgan fingerprint density at radius 1 is 1.15 bits per heavy atom. The zero-order valence-corrected chi connectivity index (χ0v) is 14.3. The fourth-order valence-corrected chi connectivity index (χ4v) is 2.58. The first-order valence-corrected chi connectivity index (χ1v) is 8.34. The molecule has 0 bridgehead atoms. The minimum Gasteiger partial charge on any atom is -0.478 e. The van der Waals surface area contributed by atoms with E-state index < -0.39 is 11.0 Å². The van der Waals surface area contributed by atoms with Crippen molar-refractivity contribution in [2.45, 2.75) is 12.5 Å². The lowest BCUT2D eigenvalue weighted by atomic mass is 10.1. The highest BCUT2D eigenvalue weighted by Crippen LogP contribution is 2.29. The number of non-ortho nitro benzene ring substituents is 1. The normalized spacial score (nSPS) is 15.1. The van der Waals surface area contributed by atoms with Gasteiger partial charge in [0.05, 0.1) is 17.0 Å². The van der Waals surface area contributed by atoms with Gasteiger partial charge in [0.25, 0.3) is 11.6 Å². The monoisotopic (exact) mass is 370 g/mol. The summed E-state index contributed by atoms with van der Waals surface area (Å²) in [5, 5.41) is 19.1. The number of carbonyl (C=O) groups is 2. The van der Waals surface area contributed by atoms with E-state index in [9.17, 15) is 19.7 Å². The van der Waals surface area contributed by atoms with Crippen LogP contribution in [0.1, 0.15) is 6.42 Å². The predicted molar refractivity (Wildman–Crippen MR) is 98.7 cm³/mol. The molecule has 3 N–H and O–H groups in total. The van der Waals surface area contributed by atoms with Crippen molar-refractivity contribution in [1.29, 1.82) is 0 Å². The van der Waals surface area contributed by atoms with Gasteiger partial charge in [-0.2, -0.15) is 0 Å². The molecule has 2 amide bonds. The Bertz CT molecular complexity index is 853. The molecule has 9 nitrogen and oxygen atoms in total. The largest absolute Gasteiger partial charge is 0.478 e. The SMILES string of the molecule is O=C(C[C@@H]1Oc2ccccc2NC1=O)NCCNc1ccc([N+](=O)[O-])cc1. The van der Waals surface area contributed by atoms with Crippen LogP contribution < -0.4 is 20.7 Å². The molecule has 0 aromatic heterocycles. The average molecular weight is 370 g/mol. The Morgan fingerprint density at radius 2 is 1.89 bits per heavy atom. The van der Waals surface area contributed by atoms with Gasteiger partial charge in [0.1, 0.15) is 5.75 Å². The molecule has 27 heavy (non-hydrogen) atoms. The summed E-state index contributed by atoms with van der Waals surface area (Å²) in [4.78, 5) is 34.2. The maximum atomic E-state index is 12.0. The molecule has 2 aromatic rings. The lowest BCUT2D eigenvalue weighted by molar-refractivity contribution is -0.384.